The Labute approximate surface area is 160 Å². The van der Waals surface area contributed by atoms with Gasteiger partial charge in [0.05, 0.1) is 5.92 Å². The molecule has 1 unspecified atom stereocenters. The molecular weight excluding hydrogens is 342 g/mol. The van der Waals surface area contributed by atoms with Gasteiger partial charge < -0.3 is 19.9 Å². The summed E-state index contributed by atoms with van der Waals surface area (Å²) >= 11 is 0. The predicted octanol–water partition coefficient (Wildman–Crippen LogP) is 2.42. The van der Waals surface area contributed by atoms with E-state index in [1.807, 2.05) is 34.1 Å². The van der Waals surface area contributed by atoms with E-state index in [4.69, 9.17) is 4.74 Å². The summed E-state index contributed by atoms with van der Waals surface area (Å²) in [5, 5.41) is 3.17. The lowest BCUT2D eigenvalue weighted by Gasteiger charge is -2.38. The number of urea groups is 1. The first-order valence-corrected chi connectivity index (χ1v) is 10.3. The Hall–Kier alpha value is -2.24. The second-order valence-corrected chi connectivity index (χ2v) is 7.92. The fourth-order valence-electron chi connectivity index (χ4n) is 4.39. The minimum atomic E-state index is -0.123. The van der Waals surface area contributed by atoms with Gasteiger partial charge in [-0.15, -0.1) is 0 Å². The van der Waals surface area contributed by atoms with Gasteiger partial charge in [-0.05, 0) is 30.9 Å². The van der Waals surface area contributed by atoms with Crippen LogP contribution < -0.4 is 10.1 Å². The molecular formula is C21H29N3O3. The Morgan fingerprint density at radius 3 is 2.44 bits per heavy atom. The molecule has 0 spiro atoms. The Balaban J connectivity index is 1.26. The summed E-state index contributed by atoms with van der Waals surface area (Å²) in [5.41, 5.74) is 1.10. The molecule has 2 aliphatic heterocycles. The molecule has 27 heavy (non-hydrogen) atoms. The summed E-state index contributed by atoms with van der Waals surface area (Å²) in [6, 6.07) is 8.29. The molecule has 2 fully saturated rings. The van der Waals surface area contributed by atoms with Gasteiger partial charge in [0.2, 0.25) is 5.91 Å². The molecule has 0 aromatic heterocycles. The van der Waals surface area contributed by atoms with Gasteiger partial charge in [0.1, 0.15) is 12.4 Å². The number of nitrogens with zero attached hydrogens (tertiary/aromatic N) is 2. The summed E-state index contributed by atoms with van der Waals surface area (Å²) in [4.78, 5) is 29.1. The SMILES string of the molecule is O=C(NC1CCCCC1)N1CCN(C(=O)C2COc3ccccc3C2)CC1. The largest absolute Gasteiger partial charge is 0.492 e. The van der Waals surface area contributed by atoms with E-state index in [1.165, 1.54) is 19.3 Å². The zero-order valence-electron chi connectivity index (χ0n) is 15.9. The molecule has 1 saturated heterocycles. The topological polar surface area (TPSA) is 61.9 Å². The van der Waals surface area contributed by atoms with E-state index in [-0.39, 0.29) is 17.9 Å². The highest BCUT2D eigenvalue weighted by Crippen LogP contribution is 2.28. The van der Waals surface area contributed by atoms with Crippen LogP contribution in [-0.4, -0.2) is 60.6 Å². The van der Waals surface area contributed by atoms with Crippen LogP contribution in [0.15, 0.2) is 24.3 Å². The van der Waals surface area contributed by atoms with Crippen molar-refractivity contribution in [2.45, 2.75) is 44.6 Å². The first-order chi connectivity index (χ1) is 13.2. The molecule has 146 valence electrons. The number of hydrogen-bond acceptors (Lipinski definition) is 3. The first kappa shape index (κ1) is 18.1. The molecule has 0 radical (unpaired) electrons. The fraction of sp³-hybridized carbons (Fsp3) is 0.619. The first-order valence-electron chi connectivity index (χ1n) is 10.3. The average Bonchev–Trinajstić information content (AvgIpc) is 2.73. The molecule has 2 heterocycles. The highest BCUT2D eigenvalue weighted by atomic mass is 16.5. The van der Waals surface area contributed by atoms with Gasteiger partial charge in [-0.25, -0.2) is 4.79 Å². The Morgan fingerprint density at radius 1 is 0.963 bits per heavy atom. The minimum Gasteiger partial charge on any atom is -0.492 e. The van der Waals surface area contributed by atoms with E-state index in [0.29, 0.717) is 38.8 Å². The standard InChI is InChI=1S/C21H29N3O3/c25-20(17-14-16-6-4-5-9-19(16)27-15-17)23-10-12-24(13-11-23)21(26)22-18-7-2-1-3-8-18/h4-6,9,17-18H,1-3,7-8,10-15H2,(H,22,26). The van der Waals surface area contributed by atoms with Crippen LogP contribution >= 0.6 is 0 Å². The zero-order valence-corrected chi connectivity index (χ0v) is 15.9. The minimum absolute atomic E-state index is 0.0314. The monoisotopic (exact) mass is 371 g/mol. The molecule has 1 saturated carbocycles. The zero-order chi connectivity index (χ0) is 18.6. The quantitative estimate of drug-likeness (QED) is 0.869. The van der Waals surface area contributed by atoms with Crippen molar-refractivity contribution in [1.82, 2.24) is 15.1 Å². The van der Waals surface area contributed by atoms with Crippen LogP contribution in [0, 0.1) is 5.92 Å². The van der Waals surface area contributed by atoms with E-state index in [0.717, 1.165) is 30.6 Å². The van der Waals surface area contributed by atoms with Crippen LogP contribution in [0.2, 0.25) is 0 Å². The molecule has 1 N–H and O–H groups in total. The number of nitrogens with one attached hydrogen (secondary N) is 1. The fourth-order valence-corrected chi connectivity index (χ4v) is 4.39. The molecule has 1 aromatic rings. The van der Waals surface area contributed by atoms with E-state index in [1.54, 1.807) is 0 Å². The van der Waals surface area contributed by atoms with Crippen molar-refractivity contribution in [2.24, 2.45) is 5.92 Å². The number of ether oxygens (including phenoxy) is 1. The van der Waals surface area contributed by atoms with E-state index in [2.05, 4.69) is 5.32 Å². The number of para-hydroxylation sites is 1. The molecule has 1 aliphatic carbocycles. The van der Waals surface area contributed by atoms with Gasteiger partial charge in [0.15, 0.2) is 0 Å². The van der Waals surface area contributed by atoms with Gasteiger partial charge in [0, 0.05) is 32.2 Å². The van der Waals surface area contributed by atoms with E-state index < -0.39 is 0 Å². The third-order valence-corrected chi connectivity index (χ3v) is 6.04. The van der Waals surface area contributed by atoms with Crippen molar-refractivity contribution in [3.8, 4) is 5.75 Å². The average molecular weight is 371 g/mol. The maximum absolute atomic E-state index is 12.9. The Morgan fingerprint density at radius 2 is 1.67 bits per heavy atom. The highest BCUT2D eigenvalue weighted by molar-refractivity contribution is 5.80. The van der Waals surface area contributed by atoms with Crippen molar-refractivity contribution in [3.05, 3.63) is 29.8 Å². The van der Waals surface area contributed by atoms with Crippen LogP contribution in [0.5, 0.6) is 5.75 Å². The number of amides is 3. The second-order valence-electron chi connectivity index (χ2n) is 7.92. The molecule has 3 amide bonds. The summed E-state index contributed by atoms with van der Waals surface area (Å²) in [7, 11) is 0. The maximum atomic E-state index is 12.9. The molecule has 4 rings (SSSR count). The van der Waals surface area contributed by atoms with Gasteiger partial charge in [-0.2, -0.15) is 0 Å². The smallest absolute Gasteiger partial charge is 0.317 e. The van der Waals surface area contributed by atoms with Crippen molar-refractivity contribution in [2.75, 3.05) is 32.8 Å². The number of carbonyl (C=O) groups excluding carboxylic acids is 2. The molecule has 1 atom stereocenters. The Kier molecular flexibility index (Phi) is 5.50. The van der Waals surface area contributed by atoms with Gasteiger partial charge in [-0.3, -0.25) is 4.79 Å². The molecule has 0 bridgehead atoms. The van der Waals surface area contributed by atoms with Crippen LogP contribution in [0.1, 0.15) is 37.7 Å². The number of rotatable bonds is 2. The van der Waals surface area contributed by atoms with Crippen LogP contribution in [0.3, 0.4) is 0 Å². The summed E-state index contributed by atoms with van der Waals surface area (Å²) in [6.45, 7) is 2.87. The number of hydrogen-bond donors (Lipinski definition) is 1. The number of benzene rings is 1. The summed E-state index contributed by atoms with van der Waals surface area (Å²) in [6.07, 6.45) is 6.61. The van der Waals surface area contributed by atoms with Crippen molar-refractivity contribution in [3.63, 3.8) is 0 Å². The molecule has 6 nitrogen and oxygen atoms in total. The van der Waals surface area contributed by atoms with Gasteiger partial charge in [-0.1, -0.05) is 37.5 Å². The van der Waals surface area contributed by atoms with E-state index in [9.17, 15) is 9.59 Å². The van der Waals surface area contributed by atoms with Crippen molar-refractivity contribution in [1.29, 1.82) is 0 Å². The van der Waals surface area contributed by atoms with Crippen molar-refractivity contribution < 1.29 is 14.3 Å². The van der Waals surface area contributed by atoms with Gasteiger partial charge >= 0.3 is 6.03 Å². The normalized spacial score (nSPS) is 23.3. The second kappa shape index (κ2) is 8.19. The summed E-state index contributed by atoms with van der Waals surface area (Å²) < 4.78 is 5.77. The summed E-state index contributed by atoms with van der Waals surface area (Å²) in [5.74, 6) is 0.921. The lowest BCUT2D eigenvalue weighted by molar-refractivity contribution is -0.138. The Bertz CT molecular complexity index is 679. The van der Waals surface area contributed by atoms with Crippen LogP contribution in [-0.2, 0) is 11.2 Å². The number of carbonyl (C=O) groups is 2. The van der Waals surface area contributed by atoms with Crippen molar-refractivity contribution >= 4 is 11.9 Å². The highest BCUT2D eigenvalue weighted by Gasteiger charge is 2.32. The molecule has 6 heteroatoms. The molecule has 1 aromatic carbocycles. The third-order valence-electron chi connectivity index (χ3n) is 6.04. The predicted molar refractivity (Wildman–Crippen MR) is 103 cm³/mol. The number of fused-ring (bicyclic) bond motifs is 1. The lowest BCUT2D eigenvalue weighted by Crippen LogP contribution is -2.56. The third kappa shape index (κ3) is 4.20. The van der Waals surface area contributed by atoms with Gasteiger partial charge in [0.25, 0.3) is 0 Å². The van der Waals surface area contributed by atoms with Crippen LogP contribution in [0.4, 0.5) is 4.79 Å². The van der Waals surface area contributed by atoms with E-state index >= 15 is 0 Å². The maximum Gasteiger partial charge on any atom is 0.317 e. The number of piperazine rings is 1. The van der Waals surface area contributed by atoms with Crippen LogP contribution in [0.25, 0.3) is 0 Å². The lowest BCUT2D eigenvalue weighted by atomic mass is 9.95. The molecule has 3 aliphatic rings.